The minimum Gasteiger partial charge on any atom is -0.486 e. The van der Waals surface area contributed by atoms with E-state index in [2.05, 4.69) is 63.3 Å². The Bertz CT molecular complexity index is 1120. The van der Waals surface area contributed by atoms with Gasteiger partial charge in [0.05, 0.1) is 19.3 Å². The number of nitrogens with zero attached hydrogens (tertiary/aromatic N) is 5. The normalized spacial score (nSPS) is 18.5. The number of hydrogen-bond donors (Lipinski definition) is 1. The van der Waals surface area contributed by atoms with Crippen LogP contribution in [0.1, 0.15) is 31.4 Å². The van der Waals surface area contributed by atoms with Crippen molar-refractivity contribution in [3.63, 3.8) is 0 Å². The van der Waals surface area contributed by atoms with Crippen LogP contribution < -0.4 is 24.6 Å². The average molecular weight is 449 g/mol. The Kier molecular flexibility index (Phi) is 5.90. The van der Waals surface area contributed by atoms with Crippen LogP contribution in [0.2, 0.25) is 0 Å². The molecule has 3 aromatic rings. The van der Waals surface area contributed by atoms with Crippen LogP contribution in [-0.4, -0.2) is 54.8 Å². The molecule has 1 fully saturated rings. The lowest BCUT2D eigenvalue weighted by molar-refractivity contribution is 0.264. The number of rotatable bonds is 5. The molecule has 0 spiro atoms. The fourth-order valence-corrected chi connectivity index (χ4v) is 4.64. The molecular formula is C25H32N6O2. The van der Waals surface area contributed by atoms with Crippen molar-refractivity contribution in [2.45, 2.75) is 31.8 Å². The van der Waals surface area contributed by atoms with Crippen molar-refractivity contribution in [3.05, 3.63) is 59.9 Å². The molecule has 8 heteroatoms. The van der Waals surface area contributed by atoms with Crippen LogP contribution in [-0.2, 0) is 0 Å². The van der Waals surface area contributed by atoms with E-state index in [4.69, 9.17) is 14.5 Å². The molecule has 0 radical (unpaired) electrons. The molecule has 0 bridgehead atoms. The van der Waals surface area contributed by atoms with Gasteiger partial charge in [-0.2, -0.15) is 4.98 Å². The second-order valence-electron chi connectivity index (χ2n) is 8.64. The summed E-state index contributed by atoms with van der Waals surface area (Å²) < 4.78 is 11.3. The lowest BCUT2D eigenvalue weighted by Crippen LogP contribution is -2.39. The summed E-state index contributed by atoms with van der Waals surface area (Å²) in [5.74, 6) is 2.85. The van der Waals surface area contributed by atoms with Crippen molar-refractivity contribution in [1.29, 1.82) is 0 Å². The lowest BCUT2D eigenvalue weighted by Gasteiger charge is -2.36. The van der Waals surface area contributed by atoms with Crippen molar-refractivity contribution in [2.24, 2.45) is 0 Å². The Labute approximate surface area is 196 Å². The second-order valence-corrected chi connectivity index (χ2v) is 8.64. The van der Waals surface area contributed by atoms with Gasteiger partial charge >= 0.3 is 0 Å². The van der Waals surface area contributed by atoms with Crippen molar-refractivity contribution >= 4 is 17.5 Å². The highest BCUT2D eigenvalue weighted by Crippen LogP contribution is 2.37. The van der Waals surface area contributed by atoms with E-state index >= 15 is 0 Å². The molecule has 1 N–H and O–H groups in total. The van der Waals surface area contributed by atoms with Crippen molar-refractivity contribution < 1.29 is 10.9 Å². The fourth-order valence-electron chi connectivity index (χ4n) is 4.64. The van der Waals surface area contributed by atoms with Crippen LogP contribution in [0.3, 0.4) is 0 Å². The van der Waals surface area contributed by atoms with Gasteiger partial charge in [-0.05, 0) is 37.0 Å². The summed E-state index contributed by atoms with van der Waals surface area (Å²) >= 11 is 0. The van der Waals surface area contributed by atoms with Gasteiger partial charge in [0.1, 0.15) is 6.61 Å². The molecular weight excluding hydrogens is 416 g/mol. The number of hydrogen-bond acceptors (Lipinski definition) is 8. The predicted octanol–water partition coefficient (Wildman–Crippen LogP) is 4.09. The SMILES string of the molecule is COc1cc(N2CCC(Nc3ncc4c(n3)N(C)C(c3ccccc3C)CO4)CC2)ccn1.[HH]. The quantitative estimate of drug-likeness (QED) is 0.626. The van der Waals surface area contributed by atoms with Crippen LogP contribution in [0.4, 0.5) is 17.5 Å². The molecule has 2 aliphatic heterocycles. The van der Waals surface area contributed by atoms with E-state index in [1.54, 1.807) is 19.5 Å². The van der Waals surface area contributed by atoms with Crippen LogP contribution in [0.5, 0.6) is 11.6 Å². The zero-order valence-corrected chi connectivity index (χ0v) is 19.4. The molecule has 1 atom stereocenters. The van der Waals surface area contributed by atoms with E-state index in [-0.39, 0.29) is 7.47 Å². The summed E-state index contributed by atoms with van der Waals surface area (Å²) in [7, 11) is 3.73. The van der Waals surface area contributed by atoms with E-state index in [1.807, 2.05) is 12.1 Å². The van der Waals surface area contributed by atoms with Gasteiger partial charge in [0.15, 0.2) is 11.6 Å². The van der Waals surface area contributed by atoms with Gasteiger partial charge < -0.3 is 24.6 Å². The van der Waals surface area contributed by atoms with Gasteiger partial charge in [0.25, 0.3) is 0 Å². The lowest BCUT2D eigenvalue weighted by atomic mass is 10.00. The summed E-state index contributed by atoms with van der Waals surface area (Å²) in [6, 6.07) is 12.9. The maximum absolute atomic E-state index is 6.03. The molecule has 1 unspecified atom stereocenters. The summed E-state index contributed by atoms with van der Waals surface area (Å²) in [5, 5.41) is 3.54. The zero-order chi connectivity index (χ0) is 22.8. The predicted molar refractivity (Wildman–Crippen MR) is 132 cm³/mol. The van der Waals surface area contributed by atoms with Crippen LogP contribution in [0.15, 0.2) is 48.8 Å². The molecule has 2 aliphatic rings. The summed E-state index contributed by atoms with van der Waals surface area (Å²) in [6.07, 6.45) is 5.59. The molecule has 1 saturated heterocycles. The Hall–Kier alpha value is -3.55. The van der Waals surface area contributed by atoms with E-state index in [9.17, 15) is 0 Å². The Morgan fingerprint density at radius 2 is 1.97 bits per heavy atom. The van der Waals surface area contributed by atoms with Gasteiger partial charge in [0, 0.05) is 45.6 Å². The third-order valence-corrected chi connectivity index (χ3v) is 6.60. The molecule has 5 rings (SSSR count). The first-order chi connectivity index (χ1) is 16.1. The Morgan fingerprint density at radius 3 is 2.76 bits per heavy atom. The third-order valence-electron chi connectivity index (χ3n) is 6.60. The number of piperidine rings is 1. The average Bonchev–Trinajstić information content (AvgIpc) is 2.86. The highest BCUT2D eigenvalue weighted by molar-refractivity contribution is 5.58. The van der Waals surface area contributed by atoms with Gasteiger partial charge in [-0.3, -0.25) is 0 Å². The van der Waals surface area contributed by atoms with Crippen molar-refractivity contribution in [3.8, 4) is 11.6 Å². The highest BCUT2D eigenvalue weighted by atomic mass is 16.5. The topological polar surface area (TPSA) is 75.6 Å². The Balaban J connectivity index is 0.00000274. The number of likely N-dealkylation sites (N-methyl/N-ethyl adjacent to an activating group) is 1. The standard InChI is InChI=1S/C25H30N6O2.H2/c1-17-6-4-5-7-20(17)21-16-33-22-15-27-25(29-24(22)30(21)2)28-18-9-12-31(13-10-18)19-8-11-26-23(14-19)32-3;/h4-8,11,14-15,18,21H,9-10,12-13,16H2,1-3H3,(H,27,28,29);1H. The number of ether oxygens (including phenoxy) is 2. The minimum atomic E-state index is 0. The molecule has 2 aromatic heterocycles. The van der Waals surface area contributed by atoms with Crippen molar-refractivity contribution in [1.82, 2.24) is 15.0 Å². The van der Waals surface area contributed by atoms with Gasteiger partial charge in [0.2, 0.25) is 11.8 Å². The van der Waals surface area contributed by atoms with E-state index in [1.165, 1.54) is 11.1 Å². The molecule has 0 saturated carbocycles. The number of pyridine rings is 1. The molecule has 0 amide bonds. The molecule has 33 heavy (non-hydrogen) atoms. The largest absolute Gasteiger partial charge is 0.486 e. The summed E-state index contributed by atoms with van der Waals surface area (Å²) in [6.45, 7) is 4.63. The van der Waals surface area contributed by atoms with Gasteiger partial charge in [-0.15, -0.1) is 0 Å². The molecule has 1 aromatic carbocycles. The smallest absolute Gasteiger partial charge is 0.225 e. The van der Waals surface area contributed by atoms with E-state index in [0.717, 1.165) is 43.2 Å². The zero-order valence-electron chi connectivity index (χ0n) is 19.4. The number of anilines is 3. The number of benzene rings is 1. The number of aryl methyl sites for hydroxylation is 1. The van der Waals surface area contributed by atoms with Gasteiger partial charge in [-0.1, -0.05) is 24.3 Å². The first-order valence-corrected chi connectivity index (χ1v) is 11.4. The molecule has 4 heterocycles. The third kappa shape index (κ3) is 4.37. The Morgan fingerprint density at radius 1 is 1.15 bits per heavy atom. The number of fused-ring (bicyclic) bond motifs is 1. The molecule has 0 aliphatic carbocycles. The summed E-state index contributed by atoms with van der Waals surface area (Å²) in [4.78, 5) is 18.1. The first-order valence-electron chi connectivity index (χ1n) is 11.4. The monoisotopic (exact) mass is 448 g/mol. The number of nitrogens with one attached hydrogen (secondary N) is 1. The number of aromatic nitrogens is 3. The van der Waals surface area contributed by atoms with Crippen LogP contribution in [0.25, 0.3) is 0 Å². The molecule has 8 nitrogen and oxygen atoms in total. The van der Waals surface area contributed by atoms with Crippen LogP contribution >= 0.6 is 0 Å². The molecule has 174 valence electrons. The maximum atomic E-state index is 6.03. The van der Waals surface area contributed by atoms with E-state index < -0.39 is 0 Å². The highest BCUT2D eigenvalue weighted by Gasteiger charge is 2.29. The van der Waals surface area contributed by atoms with Crippen molar-refractivity contribution in [2.75, 3.05) is 49.0 Å². The maximum Gasteiger partial charge on any atom is 0.225 e. The van der Waals surface area contributed by atoms with Crippen LogP contribution in [0, 0.1) is 6.92 Å². The summed E-state index contributed by atoms with van der Waals surface area (Å²) in [5.41, 5.74) is 3.66. The minimum absolute atomic E-state index is 0. The van der Waals surface area contributed by atoms with E-state index in [0.29, 0.717) is 24.5 Å². The fraction of sp³-hybridized carbons (Fsp3) is 0.400. The number of methoxy groups -OCH3 is 1. The first kappa shape index (κ1) is 21.3. The van der Waals surface area contributed by atoms with Gasteiger partial charge in [-0.25, -0.2) is 9.97 Å². The second kappa shape index (κ2) is 9.13.